The van der Waals surface area contributed by atoms with Crippen LogP contribution in [0.5, 0.6) is 5.75 Å². The van der Waals surface area contributed by atoms with Crippen molar-refractivity contribution in [3.8, 4) is 5.75 Å². The van der Waals surface area contributed by atoms with E-state index in [9.17, 15) is 4.39 Å². The standard InChI is InChI=1S/C17H25FO/c1-11(2)17(12(3)4)10-9-14-7-6-8-15(16(14)17)19-13(5)18/h6-8,11-13H,9-10H2,1-5H3. The maximum atomic E-state index is 13.3. The highest BCUT2D eigenvalue weighted by molar-refractivity contribution is 5.50. The highest BCUT2D eigenvalue weighted by Crippen LogP contribution is 2.52. The van der Waals surface area contributed by atoms with Crippen molar-refractivity contribution < 1.29 is 9.13 Å². The van der Waals surface area contributed by atoms with E-state index in [0.29, 0.717) is 11.8 Å². The van der Waals surface area contributed by atoms with Crippen molar-refractivity contribution in [2.24, 2.45) is 11.8 Å². The first-order chi connectivity index (χ1) is 8.89. The minimum absolute atomic E-state index is 0.112. The highest BCUT2D eigenvalue weighted by Gasteiger charge is 2.45. The van der Waals surface area contributed by atoms with E-state index in [1.54, 1.807) is 0 Å². The predicted octanol–water partition coefficient (Wildman–Crippen LogP) is 4.88. The molecule has 1 atom stereocenters. The van der Waals surface area contributed by atoms with Crippen molar-refractivity contribution in [2.75, 3.05) is 0 Å². The van der Waals surface area contributed by atoms with E-state index in [4.69, 9.17) is 4.74 Å². The predicted molar refractivity (Wildman–Crippen MR) is 77.3 cm³/mol. The maximum Gasteiger partial charge on any atom is 0.235 e. The Morgan fingerprint density at radius 1 is 1.11 bits per heavy atom. The quantitative estimate of drug-likeness (QED) is 0.753. The van der Waals surface area contributed by atoms with Crippen LogP contribution in [0.4, 0.5) is 4.39 Å². The summed E-state index contributed by atoms with van der Waals surface area (Å²) in [5.74, 6) is 1.79. The average Bonchev–Trinajstić information content (AvgIpc) is 2.69. The monoisotopic (exact) mass is 264 g/mol. The first-order valence-electron chi connectivity index (χ1n) is 7.32. The van der Waals surface area contributed by atoms with Crippen LogP contribution in [0.25, 0.3) is 0 Å². The molecule has 0 aliphatic heterocycles. The topological polar surface area (TPSA) is 9.23 Å². The van der Waals surface area contributed by atoms with E-state index in [1.165, 1.54) is 18.1 Å². The third-order valence-electron chi connectivity index (χ3n) is 4.74. The van der Waals surface area contributed by atoms with Crippen molar-refractivity contribution >= 4 is 0 Å². The fourth-order valence-corrected chi connectivity index (χ4v) is 3.87. The summed E-state index contributed by atoms with van der Waals surface area (Å²) < 4.78 is 18.7. The molecule has 1 aliphatic rings. The van der Waals surface area contributed by atoms with Crippen molar-refractivity contribution in [3.05, 3.63) is 29.3 Å². The summed E-state index contributed by atoms with van der Waals surface area (Å²) in [4.78, 5) is 0. The second-order valence-electron chi connectivity index (χ2n) is 6.30. The number of alkyl halides is 1. The van der Waals surface area contributed by atoms with E-state index in [1.807, 2.05) is 12.1 Å². The van der Waals surface area contributed by atoms with Crippen LogP contribution >= 0.6 is 0 Å². The third-order valence-corrected chi connectivity index (χ3v) is 4.74. The zero-order valence-electron chi connectivity index (χ0n) is 12.7. The highest BCUT2D eigenvalue weighted by atomic mass is 19.1. The lowest BCUT2D eigenvalue weighted by atomic mass is 9.65. The Morgan fingerprint density at radius 3 is 2.26 bits per heavy atom. The lowest BCUT2D eigenvalue weighted by molar-refractivity contribution is 0.0808. The summed E-state index contributed by atoms with van der Waals surface area (Å²) in [5, 5.41) is 0. The molecule has 2 rings (SSSR count). The van der Waals surface area contributed by atoms with Gasteiger partial charge in [0, 0.05) is 17.9 Å². The van der Waals surface area contributed by atoms with Crippen LogP contribution in [-0.2, 0) is 11.8 Å². The van der Waals surface area contributed by atoms with Crippen LogP contribution in [0, 0.1) is 11.8 Å². The molecule has 106 valence electrons. The van der Waals surface area contributed by atoms with E-state index in [-0.39, 0.29) is 5.41 Å². The number of aryl methyl sites for hydroxylation is 1. The Bertz CT molecular complexity index is 441. The van der Waals surface area contributed by atoms with Gasteiger partial charge in [0.2, 0.25) is 6.36 Å². The van der Waals surface area contributed by atoms with Crippen LogP contribution in [-0.4, -0.2) is 6.36 Å². The van der Waals surface area contributed by atoms with Crippen molar-refractivity contribution in [1.82, 2.24) is 0 Å². The first-order valence-corrected chi connectivity index (χ1v) is 7.32. The van der Waals surface area contributed by atoms with Crippen LogP contribution in [0.3, 0.4) is 0 Å². The number of hydrogen-bond donors (Lipinski definition) is 0. The molecular weight excluding hydrogens is 239 g/mol. The third kappa shape index (κ3) is 2.26. The number of hydrogen-bond acceptors (Lipinski definition) is 1. The molecule has 0 N–H and O–H groups in total. The smallest absolute Gasteiger partial charge is 0.235 e. The Balaban J connectivity index is 2.58. The van der Waals surface area contributed by atoms with Crippen molar-refractivity contribution in [2.45, 2.75) is 59.2 Å². The Kier molecular flexibility index (Phi) is 3.89. The summed E-state index contributed by atoms with van der Waals surface area (Å²) in [6, 6.07) is 6.06. The van der Waals surface area contributed by atoms with Gasteiger partial charge < -0.3 is 4.74 Å². The molecule has 0 radical (unpaired) electrons. The van der Waals surface area contributed by atoms with Crippen LogP contribution in [0.15, 0.2) is 18.2 Å². The van der Waals surface area contributed by atoms with Gasteiger partial charge in [0.15, 0.2) is 0 Å². The molecule has 1 aromatic carbocycles. The van der Waals surface area contributed by atoms with Gasteiger partial charge in [-0.1, -0.05) is 39.8 Å². The molecule has 1 aromatic rings. The molecule has 0 spiro atoms. The summed E-state index contributed by atoms with van der Waals surface area (Å²) >= 11 is 0. The van der Waals surface area contributed by atoms with Gasteiger partial charge in [0.25, 0.3) is 0 Å². The Hall–Kier alpha value is -1.05. The molecule has 2 heteroatoms. The minimum atomic E-state index is -1.26. The van der Waals surface area contributed by atoms with Gasteiger partial charge in [0.1, 0.15) is 5.75 Å². The van der Waals surface area contributed by atoms with Gasteiger partial charge in [-0.25, -0.2) is 4.39 Å². The molecule has 0 saturated carbocycles. The van der Waals surface area contributed by atoms with Crippen molar-refractivity contribution in [1.29, 1.82) is 0 Å². The maximum absolute atomic E-state index is 13.3. The normalized spacial score (nSPS) is 18.7. The van der Waals surface area contributed by atoms with Gasteiger partial charge in [-0.05, 0) is 36.3 Å². The average molecular weight is 264 g/mol. The Labute approximate surface area is 116 Å². The number of benzene rings is 1. The largest absolute Gasteiger partial charge is 0.460 e. The summed E-state index contributed by atoms with van der Waals surface area (Å²) in [6.45, 7) is 10.5. The van der Waals surface area contributed by atoms with Crippen LogP contribution in [0.1, 0.15) is 52.2 Å². The van der Waals surface area contributed by atoms with E-state index in [0.717, 1.165) is 18.6 Å². The molecule has 0 fully saturated rings. The molecule has 1 unspecified atom stereocenters. The van der Waals surface area contributed by atoms with Gasteiger partial charge in [0.05, 0.1) is 0 Å². The number of rotatable bonds is 4. The lowest BCUT2D eigenvalue weighted by Crippen LogP contribution is -2.36. The second-order valence-corrected chi connectivity index (χ2v) is 6.30. The van der Waals surface area contributed by atoms with Crippen LogP contribution < -0.4 is 4.74 Å². The van der Waals surface area contributed by atoms with E-state index in [2.05, 4.69) is 33.8 Å². The number of fused-ring (bicyclic) bond motifs is 1. The molecule has 0 amide bonds. The Morgan fingerprint density at radius 2 is 1.74 bits per heavy atom. The van der Waals surface area contributed by atoms with E-state index < -0.39 is 6.36 Å². The van der Waals surface area contributed by atoms with Crippen LogP contribution in [0.2, 0.25) is 0 Å². The summed E-state index contributed by atoms with van der Waals surface area (Å²) in [7, 11) is 0. The van der Waals surface area contributed by atoms with Gasteiger partial charge in [-0.2, -0.15) is 0 Å². The van der Waals surface area contributed by atoms with E-state index >= 15 is 0 Å². The first kappa shape index (κ1) is 14.4. The minimum Gasteiger partial charge on any atom is -0.460 e. The van der Waals surface area contributed by atoms with Gasteiger partial charge in [-0.15, -0.1) is 0 Å². The number of halogens is 1. The molecule has 19 heavy (non-hydrogen) atoms. The lowest BCUT2D eigenvalue weighted by Gasteiger charge is -2.40. The summed E-state index contributed by atoms with van der Waals surface area (Å²) in [6.07, 6.45) is 0.951. The van der Waals surface area contributed by atoms with Crippen molar-refractivity contribution in [3.63, 3.8) is 0 Å². The zero-order valence-corrected chi connectivity index (χ0v) is 12.7. The molecule has 1 aliphatic carbocycles. The van der Waals surface area contributed by atoms with Gasteiger partial charge >= 0.3 is 0 Å². The van der Waals surface area contributed by atoms with Gasteiger partial charge in [-0.3, -0.25) is 0 Å². The molecular formula is C17H25FO. The zero-order chi connectivity index (χ0) is 14.2. The fraction of sp³-hybridized carbons (Fsp3) is 0.647. The molecule has 0 aromatic heterocycles. The molecule has 0 saturated heterocycles. The number of ether oxygens (including phenoxy) is 1. The molecule has 0 heterocycles. The SMILES string of the molecule is CC(F)Oc1cccc2c1C(C(C)C)(C(C)C)CC2. The summed E-state index contributed by atoms with van der Waals surface area (Å²) in [5.41, 5.74) is 2.70. The fourth-order valence-electron chi connectivity index (χ4n) is 3.87. The molecule has 0 bridgehead atoms. The second kappa shape index (κ2) is 5.15. The molecule has 1 nitrogen and oxygen atoms in total.